The van der Waals surface area contributed by atoms with Gasteiger partial charge in [-0.3, -0.25) is 14.4 Å². The molecule has 0 aliphatic carbocycles. The van der Waals surface area contributed by atoms with Crippen molar-refractivity contribution < 1.29 is 23.9 Å². The van der Waals surface area contributed by atoms with E-state index < -0.39 is 11.2 Å². The topological polar surface area (TPSA) is 92.8 Å². The molecule has 1 atom stereocenters. The number of methoxy groups -OCH3 is 1. The monoisotopic (exact) mass is 432 g/mol. The van der Waals surface area contributed by atoms with E-state index in [1.54, 1.807) is 24.3 Å². The van der Waals surface area contributed by atoms with Crippen molar-refractivity contribution in [1.82, 2.24) is 0 Å². The number of benzene rings is 2. The second-order valence-corrected chi connectivity index (χ2v) is 7.80. The number of anilines is 2. The third kappa shape index (κ3) is 4.96. The number of ether oxygens (including phenoxy) is 1. The molecule has 9 heteroatoms. The number of hydrogen-bond acceptors (Lipinski definition) is 6. The number of carbonyl (C=O) groups excluding carboxylic acids is 4. The summed E-state index contributed by atoms with van der Waals surface area (Å²) in [7, 11) is 1.27. The van der Waals surface area contributed by atoms with Gasteiger partial charge in [-0.25, -0.2) is 9.69 Å². The molecule has 0 saturated carbocycles. The summed E-state index contributed by atoms with van der Waals surface area (Å²) in [5.41, 5.74) is 1.25. The van der Waals surface area contributed by atoms with Crippen molar-refractivity contribution in [2.45, 2.75) is 11.7 Å². The summed E-state index contributed by atoms with van der Waals surface area (Å²) in [5.74, 6) is -1.52. The molecule has 2 aromatic rings. The van der Waals surface area contributed by atoms with Crippen LogP contribution in [0.15, 0.2) is 48.5 Å². The molecule has 29 heavy (non-hydrogen) atoms. The van der Waals surface area contributed by atoms with E-state index >= 15 is 0 Å². The molecule has 150 valence electrons. The Bertz CT molecular complexity index is 964. The molecule has 0 bridgehead atoms. The number of carbonyl (C=O) groups is 4. The highest BCUT2D eigenvalue weighted by Crippen LogP contribution is 2.30. The standard InChI is InChI=1S/C20H17ClN2O5S/c1-28-20(27)12-5-7-15(8-6-12)23-18(25)10-16(19(23)26)29-11-17(24)22-14-4-2-3-13(21)9-14/h2-9,16H,10-11H2,1H3,(H,22,24)/t16-/m1/s1. The third-order valence-electron chi connectivity index (χ3n) is 4.18. The zero-order valence-electron chi connectivity index (χ0n) is 15.4. The van der Waals surface area contributed by atoms with Crippen molar-refractivity contribution in [2.24, 2.45) is 0 Å². The van der Waals surface area contributed by atoms with Crippen molar-refractivity contribution in [3.8, 4) is 0 Å². The van der Waals surface area contributed by atoms with E-state index in [0.29, 0.717) is 22.0 Å². The maximum absolute atomic E-state index is 12.7. The first-order valence-corrected chi connectivity index (χ1v) is 10.0. The molecule has 3 rings (SSSR count). The van der Waals surface area contributed by atoms with E-state index in [1.165, 1.54) is 31.4 Å². The van der Waals surface area contributed by atoms with Gasteiger partial charge in [0.25, 0.3) is 0 Å². The second-order valence-electron chi connectivity index (χ2n) is 6.17. The van der Waals surface area contributed by atoms with Crippen LogP contribution in [0.2, 0.25) is 5.02 Å². The van der Waals surface area contributed by atoms with Crippen LogP contribution in [0, 0.1) is 0 Å². The van der Waals surface area contributed by atoms with Crippen LogP contribution in [-0.4, -0.2) is 41.8 Å². The predicted molar refractivity (Wildman–Crippen MR) is 111 cm³/mol. The summed E-state index contributed by atoms with van der Waals surface area (Å²) >= 11 is 6.99. The fraction of sp³-hybridized carbons (Fsp3) is 0.200. The number of nitrogens with one attached hydrogen (secondary N) is 1. The molecule has 1 heterocycles. The van der Waals surface area contributed by atoms with Gasteiger partial charge in [-0.1, -0.05) is 17.7 Å². The van der Waals surface area contributed by atoms with E-state index in [2.05, 4.69) is 10.1 Å². The minimum absolute atomic E-state index is 0.00665. The number of esters is 1. The average Bonchev–Trinajstić information content (AvgIpc) is 2.99. The molecule has 1 aliphatic heterocycles. The number of nitrogens with zero attached hydrogens (tertiary/aromatic N) is 1. The minimum atomic E-state index is -0.645. The van der Waals surface area contributed by atoms with E-state index in [4.69, 9.17) is 11.6 Å². The van der Waals surface area contributed by atoms with Gasteiger partial charge in [-0.2, -0.15) is 0 Å². The number of thioether (sulfide) groups is 1. The smallest absolute Gasteiger partial charge is 0.337 e. The highest BCUT2D eigenvalue weighted by molar-refractivity contribution is 8.01. The molecule has 1 saturated heterocycles. The van der Waals surface area contributed by atoms with Crippen LogP contribution in [-0.2, 0) is 19.1 Å². The van der Waals surface area contributed by atoms with E-state index in [9.17, 15) is 19.2 Å². The van der Waals surface area contributed by atoms with Crippen molar-refractivity contribution in [3.63, 3.8) is 0 Å². The Morgan fingerprint density at radius 2 is 1.93 bits per heavy atom. The lowest BCUT2D eigenvalue weighted by Gasteiger charge is -2.15. The SMILES string of the molecule is COC(=O)c1ccc(N2C(=O)C[C@@H](SCC(=O)Nc3cccc(Cl)c3)C2=O)cc1. The number of hydrogen-bond donors (Lipinski definition) is 1. The van der Waals surface area contributed by atoms with E-state index in [0.717, 1.165) is 16.7 Å². The Kier molecular flexibility index (Phi) is 6.56. The minimum Gasteiger partial charge on any atom is -0.465 e. The van der Waals surface area contributed by atoms with Gasteiger partial charge in [0, 0.05) is 17.1 Å². The van der Waals surface area contributed by atoms with Gasteiger partial charge in [0.15, 0.2) is 0 Å². The van der Waals surface area contributed by atoms with Gasteiger partial charge in [-0.05, 0) is 42.5 Å². The fourth-order valence-corrected chi connectivity index (χ4v) is 3.93. The number of rotatable bonds is 6. The molecule has 1 N–H and O–H groups in total. The summed E-state index contributed by atoms with van der Waals surface area (Å²) in [5, 5.41) is 2.56. The molecule has 0 aromatic heterocycles. The zero-order chi connectivity index (χ0) is 21.0. The van der Waals surface area contributed by atoms with Crippen molar-refractivity contribution in [3.05, 3.63) is 59.1 Å². The van der Waals surface area contributed by atoms with Gasteiger partial charge in [0.2, 0.25) is 17.7 Å². The fourth-order valence-electron chi connectivity index (χ4n) is 2.81. The van der Waals surface area contributed by atoms with Crippen molar-refractivity contribution >= 4 is 58.4 Å². The first-order valence-electron chi connectivity index (χ1n) is 8.61. The zero-order valence-corrected chi connectivity index (χ0v) is 17.0. The van der Waals surface area contributed by atoms with E-state index in [-0.39, 0.29) is 29.9 Å². The Hall–Kier alpha value is -2.84. The van der Waals surface area contributed by atoms with Crippen LogP contribution in [0.1, 0.15) is 16.8 Å². The largest absolute Gasteiger partial charge is 0.465 e. The molecular weight excluding hydrogens is 416 g/mol. The normalized spacial score (nSPS) is 16.1. The summed E-state index contributed by atoms with van der Waals surface area (Å²) in [4.78, 5) is 49.7. The predicted octanol–water partition coefficient (Wildman–Crippen LogP) is 3.13. The lowest BCUT2D eigenvalue weighted by Crippen LogP contribution is -2.31. The maximum Gasteiger partial charge on any atom is 0.337 e. The maximum atomic E-state index is 12.7. The van der Waals surface area contributed by atoms with Crippen LogP contribution in [0.4, 0.5) is 11.4 Å². The molecule has 0 radical (unpaired) electrons. The van der Waals surface area contributed by atoms with Crippen LogP contribution in [0.25, 0.3) is 0 Å². The van der Waals surface area contributed by atoms with Gasteiger partial charge < -0.3 is 10.1 Å². The van der Waals surface area contributed by atoms with Gasteiger partial charge in [0.05, 0.1) is 29.4 Å². The Labute approximate surface area is 176 Å². The van der Waals surface area contributed by atoms with Gasteiger partial charge >= 0.3 is 5.97 Å². The lowest BCUT2D eigenvalue weighted by atomic mass is 10.2. The molecule has 1 aliphatic rings. The first-order chi connectivity index (χ1) is 13.9. The van der Waals surface area contributed by atoms with Crippen molar-refractivity contribution in [1.29, 1.82) is 0 Å². The van der Waals surface area contributed by atoms with Crippen LogP contribution in [0.5, 0.6) is 0 Å². The number of amides is 3. The van der Waals surface area contributed by atoms with Crippen molar-refractivity contribution in [2.75, 3.05) is 23.1 Å². The summed E-state index contributed by atoms with van der Waals surface area (Å²) in [6.07, 6.45) is 0.00665. The van der Waals surface area contributed by atoms with Crippen LogP contribution < -0.4 is 10.2 Å². The first kappa shape index (κ1) is 20.9. The molecular formula is C20H17ClN2O5S. The van der Waals surface area contributed by atoms with Crippen LogP contribution in [0.3, 0.4) is 0 Å². The number of halogens is 1. The van der Waals surface area contributed by atoms with E-state index in [1.807, 2.05) is 0 Å². The highest BCUT2D eigenvalue weighted by atomic mass is 35.5. The summed E-state index contributed by atoms with van der Waals surface area (Å²) in [6.45, 7) is 0. The molecule has 7 nitrogen and oxygen atoms in total. The number of imide groups is 1. The molecule has 2 aromatic carbocycles. The lowest BCUT2D eigenvalue weighted by molar-refractivity contribution is -0.121. The molecule has 0 spiro atoms. The van der Waals surface area contributed by atoms with Crippen LogP contribution >= 0.6 is 23.4 Å². The highest BCUT2D eigenvalue weighted by Gasteiger charge is 2.40. The third-order valence-corrected chi connectivity index (χ3v) is 5.61. The summed E-state index contributed by atoms with van der Waals surface area (Å²) < 4.78 is 4.63. The Morgan fingerprint density at radius 1 is 1.21 bits per heavy atom. The Morgan fingerprint density at radius 3 is 2.59 bits per heavy atom. The summed E-state index contributed by atoms with van der Waals surface area (Å²) in [6, 6.07) is 12.7. The van der Waals surface area contributed by atoms with Gasteiger partial charge in [-0.15, -0.1) is 11.8 Å². The molecule has 3 amide bonds. The second kappa shape index (κ2) is 9.11. The molecule has 1 fully saturated rings. The average molecular weight is 433 g/mol. The van der Waals surface area contributed by atoms with Gasteiger partial charge in [0.1, 0.15) is 0 Å². The quantitative estimate of drug-likeness (QED) is 0.557. The Balaban J connectivity index is 1.60. The molecule has 0 unspecified atom stereocenters.